The van der Waals surface area contributed by atoms with Crippen LogP contribution in [0.1, 0.15) is 11.1 Å². The Kier molecular flexibility index (Phi) is 3.76. The molecule has 5 heteroatoms. The second-order valence-corrected chi connectivity index (χ2v) is 6.59. The highest BCUT2D eigenvalue weighted by Gasteiger charge is 2.13. The molecule has 19 heavy (non-hydrogen) atoms. The van der Waals surface area contributed by atoms with Crippen molar-refractivity contribution in [3.63, 3.8) is 0 Å². The third-order valence-corrected chi connectivity index (χ3v) is 4.22. The van der Waals surface area contributed by atoms with E-state index in [0.717, 1.165) is 0 Å². The van der Waals surface area contributed by atoms with E-state index in [9.17, 15) is 8.42 Å². The van der Waals surface area contributed by atoms with Crippen LogP contribution >= 0.6 is 0 Å². The lowest BCUT2D eigenvalue weighted by Gasteiger charge is -2.06. The van der Waals surface area contributed by atoms with Crippen molar-refractivity contribution < 1.29 is 8.42 Å². The zero-order valence-corrected chi connectivity index (χ0v) is 11.2. The molecule has 0 fully saturated rings. The van der Waals surface area contributed by atoms with Crippen molar-refractivity contribution in [2.75, 3.05) is 11.5 Å². The topological polar surface area (TPSA) is 86.2 Å². The number of sulfone groups is 1. The van der Waals surface area contributed by atoms with E-state index in [4.69, 9.17) is 11.5 Å². The molecule has 0 heterocycles. The smallest absolute Gasteiger partial charge is 0.158 e. The van der Waals surface area contributed by atoms with Gasteiger partial charge in [0.1, 0.15) is 0 Å². The lowest BCUT2D eigenvalue weighted by molar-refractivity contribution is 0.594. The van der Waals surface area contributed by atoms with Gasteiger partial charge >= 0.3 is 0 Å². The first-order chi connectivity index (χ1) is 8.94. The summed E-state index contributed by atoms with van der Waals surface area (Å²) in [6, 6.07) is 13.8. The molecule has 100 valence electrons. The van der Waals surface area contributed by atoms with Crippen molar-refractivity contribution >= 4 is 21.2 Å². The van der Waals surface area contributed by atoms with Gasteiger partial charge in [-0.05, 0) is 35.4 Å². The fourth-order valence-corrected chi connectivity index (χ4v) is 3.40. The van der Waals surface area contributed by atoms with Gasteiger partial charge in [0.2, 0.25) is 0 Å². The first-order valence-corrected chi connectivity index (χ1v) is 7.66. The molecule has 0 aliphatic heterocycles. The van der Waals surface area contributed by atoms with Crippen LogP contribution in [-0.4, -0.2) is 8.42 Å². The van der Waals surface area contributed by atoms with Crippen LogP contribution in [0, 0.1) is 0 Å². The molecule has 4 nitrogen and oxygen atoms in total. The Hall–Kier alpha value is -2.01. The molecule has 0 saturated heterocycles. The normalized spacial score (nSPS) is 11.4. The molecule has 0 bridgehead atoms. The van der Waals surface area contributed by atoms with Crippen LogP contribution < -0.4 is 11.5 Å². The summed E-state index contributed by atoms with van der Waals surface area (Å²) in [6.07, 6.45) is 0. The Morgan fingerprint density at radius 3 is 1.58 bits per heavy atom. The number of benzene rings is 2. The Bertz CT molecular complexity index is 628. The maximum absolute atomic E-state index is 12.1. The minimum absolute atomic E-state index is 0.0210. The highest BCUT2D eigenvalue weighted by Crippen LogP contribution is 2.16. The third-order valence-electron chi connectivity index (χ3n) is 2.68. The van der Waals surface area contributed by atoms with Gasteiger partial charge in [0, 0.05) is 11.4 Å². The van der Waals surface area contributed by atoms with Crippen molar-refractivity contribution in [1.29, 1.82) is 0 Å². The predicted octanol–water partition coefficient (Wildman–Crippen LogP) is 1.97. The summed E-state index contributed by atoms with van der Waals surface area (Å²) in [5.74, 6) is -0.0420. The molecule has 0 unspecified atom stereocenters. The van der Waals surface area contributed by atoms with Crippen molar-refractivity contribution in [2.24, 2.45) is 0 Å². The second kappa shape index (κ2) is 5.32. The van der Waals surface area contributed by atoms with Crippen molar-refractivity contribution in [3.8, 4) is 0 Å². The van der Waals surface area contributed by atoms with Gasteiger partial charge in [-0.1, -0.05) is 24.3 Å². The van der Waals surface area contributed by atoms with E-state index < -0.39 is 9.84 Å². The molecule has 0 aliphatic rings. The molecular formula is C14H16N2O2S. The fraction of sp³-hybridized carbons (Fsp3) is 0.143. The quantitative estimate of drug-likeness (QED) is 0.836. The van der Waals surface area contributed by atoms with Gasteiger partial charge in [-0.3, -0.25) is 0 Å². The summed E-state index contributed by atoms with van der Waals surface area (Å²) in [7, 11) is -3.23. The van der Waals surface area contributed by atoms with E-state index >= 15 is 0 Å². The van der Waals surface area contributed by atoms with Gasteiger partial charge in [0.05, 0.1) is 11.5 Å². The average molecular weight is 276 g/mol. The summed E-state index contributed by atoms with van der Waals surface area (Å²) in [6.45, 7) is 0. The molecule has 2 aromatic carbocycles. The number of hydrogen-bond donors (Lipinski definition) is 2. The van der Waals surface area contributed by atoms with Crippen molar-refractivity contribution in [1.82, 2.24) is 0 Å². The minimum Gasteiger partial charge on any atom is -0.399 e. The van der Waals surface area contributed by atoms with Gasteiger partial charge in [-0.25, -0.2) is 8.42 Å². The Balaban J connectivity index is 2.15. The van der Waals surface area contributed by atoms with E-state index in [2.05, 4.69) is 0 Å². The summed E-state index contributed by atoms with van der Waals surface area (Å²) < 4.78 is 24.2. The number of hydrogen-bond acceptors (Lipinski definition) is 4. The summed E-state index contributed by atoms with van der Waals surface area (Å²) in [5, 5.41) is 0. The maximum Gasteiger partial charge on any atom is 0.158 e. The van der Waals surface area contributed by atoms with Crippen LogP contribution in [0.25, 0.3) is 0 Å². The highest BCUT2D eigenvalue weighted by atomic mass is 32.2. The van der Waals surface area contributed by atoms with Crippen LogP contribution in [0.15, 0.2) is 48.5 Å². The third kappa shape index (κ3) is 3.99. The molecule has 0 amide bonds. The van der Waals surface area contributed by atoms with Crippen molar-refractivity contribution in [3.05, 3.63) is 59.7 Å². The van der Waals surface area contributed by atoms with Gasteiger partial charge in [-0.2, -0.15) is 0 Å². The van der Waals surface area contributed by atoms with Crippen molar-refractivity contribution in [2.45, 2.75) is 11.5 Å². The van der Waals surface area contributed by atoms with E-state index in [1.54, 1.807) is 48.5 Å². The lowest BCUT2D eigenvalue weighted by Crippen LogP contribution is -2.08. The molecule has 0 radical (unpaired) electrons. The monoisotopic (exact) mass is 276 g/mol. The first kappa shape index (κ1) is 13.4. The second-order valence-electron chi connectivity index (χ2n) is 4.52. The van der Waals surface area contributed by atoms with Crippen LogP contribution in [0.3, 0.4) is 0 Å². The van der Waals surface area contributed by atoms with Crippen LogP contribution in [0.5, 0.6) is 0 Å². The standard InChI is InChI=1S/C14H16N2O2S/c15-13-5-1-3-11(7-13)9-19(17,18)10-12-4-2-6-14(16)8-12/h1-8H,9-10,15-16H2. The molecule has 2 aromatic rings. The Morgan fingerprint density at radius 1 is 0.789 bits per heavy atom. The number of rotatable bonds is 4. The first-order valence-electron chi connectivity index (χ1n) is 5.84. The van der Waals surface area contributed by atoms with Crippen LogP contribution in [0.4, 0.5) is 11.4 Å². The summed E-state index contributed by atoms with van der Waals surface area (Å²) in [4.78, 5) is 0. The average Bonchev–Trinajstić information content (AvgIpc) is 2.27. The van der Waals surface area contributed by atoms with Gasteiger partial charge in [-0.15, -0.1) is 0 Å². The predicted molar refractivity (Wildman–Crippen MR) is 78.0 cm³/mol. The zero-order chi connectivity index (χ0) is 13.9. The van der Waals surface area contributed by atoms with Gasteiger partial charge in [0.25, 0.3) is 0 Å². The number of nitrogen functional groups attached to an aromatic ring is 2. The fourth-order valence-electron chi connectivity index (χ4n) is 1.92. The van der Waals surface area contributed by atoms with Crippen LogP contribution in [0.2, 0.25) is 0 Å². The van der Waals surface area contributed by atoms with E-state index in [1.165, 1.54) is 0 Å². The zero-order valence-electron chi connectivity index (χ0n) is 10.4. The molecule has 0 atom stereocenters. The van der Waals surface area contributed by atoms with Crippen LogP contribution in [-0.2, 0) is 21.3 Å². The number of anilines is 2. The van der Waals surface area contributed by atoms with E-state index in [-0.39, 0.29) is 11.5 Å². The molecule has 0 aliphatic carbocycles. The Labute approximate surface area is 113 Å². The van der Waals surface area contributed by atoms with Gasteiger partial charge in [0.15, 0.2) is 9.84 Å². The van der Waals surface area contributed by atoms with E-state index in [0.29, 0.717) is 22.5 Å². The van der Waals surface area contributed by atoms with E-state index in [1.807, 2.05) is 0 Å². The van der Waals surface area contributed by atoms with Gasteiger partial charge < -0.3 is 11.5 Å². The molecule has 4 N–H and O–H groups in total. The number of nitrogens with two attached hydrogens (primary N) is 2. The lowest BCUT2D eigenvalue weighted by atomic mass is 10.2. The Morgan fingerprint density at radius 2 is 1.21 bits per heavy atom. The largest absolute Gasteiger partial charge is 0.399 e. The molecule has 0 spiro atoms. The minimum atomic E-state index is -3.23. The summed E-state index contributed by atoms with van der Waals surface area (Å²) in [5.41, 5.74) is 13.8. The summed E-state index contributed by atoms with van der Waals surface area (Å²) >= 11 is 0. The highest BCUT2D eigenvalue weighted by molar-refractivity contribution is 7.89. The molecule has 0 aromatic heterocycles. The molecular weight excluding hydrogens is 260 g/mol. The molecule has 2 rings (SSSR count). The SMILES string of the molecule is Nc1cccc(CS(=O)(=O)Cc2cccc(N)c2)c1. The maximum atomic E-state index is 12.1. The molecule has 0 saturated carbocycles.